The Balaban J connectivity index is 1.82. The monoisotopic (exact) mass is 223 g/mol. The Labute approximate surface area is 94.6 Å². The predicted octanol–water partition coefficient (Wildman–Crippen LogP) is 1.25. The van der Waals surface area contributed by atoms with Gasteiger partial charge in [0.1, 0.15) is 6.04 Å². The number of nitrogens with zero attached hydrogens (tertiary/aromatic N) is 1. The lowest BCUT2D eigenvalue weighted by Gasteiger charge is -2.30. The van der Waals surface area contributed by atoms with E-state index in [0.29, 0.717) is 12.8 Å². The standard InChI is InChI=1S/C12H17NO3/c14-11-4-1-7-5-8(7)6-9-2-3-10(12(15)16)13(9)11/h7-10H,1-6H2,(H,15,16). The number of carboxylic acid groups (broad SMARTS) is 1. The first kappa shape index (κ1) is 10.1. The average Bonchev–Trinajstić information content (AvgIpc) is 2.79. The highest BCUT2D eigenvalue weighted by Crippen LogP contribution is 2.49. The highest BCUT2D eigenvalue weighted by molar-refractivity contribution is 5.84. The third-order valence-corrected chi connectivity index (χ3v) is 4.45. The summed E-state index contributed by atoms with van der Waals surface area (Å²) in [5, 5.41) is 9.11. The second-order valence-electron chi connectivity index (χ2n) is 5.42. The highest BCUT2D eigenvalue weighted by Gasteiger charge is 2.47. The fourth-order valence-corrected chi connectivity index (χ4v) is 3.47. The maximum absolute atomic E-state index is 12.0. The number of fused-ring (bicyclic) bond motifs is 2. The number of hydrogen-bond acceptors (Lipinski definition) is 2. The molecule has 3 aliphatic rings. The van der Waals surface area contributed by atoms with Crippen molar-refractivity contribution in [3.8, 4) is 0 Å². The third kappa shape index (κ3) is 1.51. The van der Waals surface area contributed by atoms with Crippen molar-refractivity contribution in [3.63, 3.8) is 0 Å². The van der Waals surface area contributed by atoms with E-state index in [1.54, 1.807) is 4.90 Å². The molecule has 88 valence electrons. The lowest BCUT2D eigenvalue weighted by atomic mass is 10.0. The van der Waals surface area contributed by atoms with Crippen molar-refractivity contribution in [1.82, 2.24) is 4.90 Å². The molecule has 0 bridgehead atoms. The Hall–Kier alpha value is -1.06. The summed E-state index contributed by atoms with van der Waals surface area (Å²) in [5.41, 5.74) is 0. The summed E-state index contributed by atoms with van der Waals surface area (Å²) < 4.78 is 0. The quantitative estimate of drug-likeness (QED) is 0.728. The van der Waals surface area contributed by atoms with Gasteiger partial charge >= 0.3 is 5.97 Å². The molecule has 4 unspecified atom stereocenters. The van der Waals surface area contributed by atoms with Crippen LogP contribution in [0, 0.1) is 11.8 Å². The molecule has 2 saturated heterocycles. The molecule has 2 heterocycles. The number of aliphatic carboxylic acids is 1. The molecule has 16 heavy (non-hydrogen) atoms. The number of carbonyl (C=O) groups is 2. The van der Waals surface area contributed by atoms with Crippen LogP contribution in [0.15, 0.2) is 0 Å². The molecule has 4 heteroatoms. The first-order valence-electron chi connectivity index (χ1n) is 6.21. The van der Waals surface area contributed by atoms with Crippen LogP contribution in [0.25, 0.3) is 0 Å². The first-order valence-corrected chi connectivity index (χ1v) is 6.21. The summed E-state index contributed by atoms with van der Waals surface area (Å²) in [7, 11) is 0. The van der Waals surface area contributed by atoms with E-state index in [2.05, 4.69) is 0 Å². The Morgan fingerprint density at radius 3 is 2.75 bits per heavy atom. The Morgan fingerprint density at radius 1 is 1.19 bits per heavy atom. The van der Waals surface area contributed by atoms with Crippen molar-refractivity contribution < 1.29 is 14.7 Å². The van der Waals surface area contributed by atoms with Crippen LogP contribution in [-0.2, 0) is 9.59 Å². The van der Waals surface area contributed by atoms with Crippen LogP contribution in [0.2, 0.25) is 0 Å². The van der Waals surface area contributed by atoms with Crippen LogP contribution >= 0.6 is 0 Å². The van der Waals surface area contributed by atoms with Gasteiger partial charge in [-0.15, -0.1) is 0 Å². The molecule has 1 saturated carbocycles. The molecule has 3 fully saturated rings. The Morgan fingerprint density at radius 2 is 2.00 bits per heavy atom. The third-order valence-electron chi connectivity index (χ3n) is 4.45. The summed E-state index contributed by atoms with van der Waals surface area (Å²) in [5.74, 6) is 0.771. The minimum atomic E-state index is -0.830. The van der Waals surface area contributed by atoms with Gasteiger partial charge in [-0.2, -0.15) is 0 Å². The fourth-order valence-electron chi connectivity index (χ4n) is 3.47. The van der Waals surface area contributed by atoms with E-state index in [4.69, 9.17) is 5.11 Å². The zero-order chi connectivity index (χ0) is 11.3. The smallest absolute Gasteiger partial charge is 0.326 e. The molecule has 4 atom stereocenters. The van der Waals surface area contributed by atoms with Gasteiger partial charge in [-0.1, -0.05) is 0 Å². The molecule has 0 spiro atoms. The molecule has 1 amide bonds. The van der Waals surface area contributed by atoms with Gasteiger partial charge in [-0.25, -0.2) is 4.79 Å². The molecule has 0 aromatic rings. The van der Waals surface area contributed by atoms with Crippen molar-refractivity contribution in [2.45, 2.75) is 50.6 Å². The van der Waals surface area contributed by atoms with Crippen molar-refractivity contribution in [2.24, 2.45) is 11.8 Å². The largest absolute Gasteiger partial charge is 0.480 e. The summed E-state index contributed by atoms with van der Waals surface area (Å²) in [6.45, 7) is 0. The van der Waals surface area contributed by atoms with E-state index < -0.39 is 12.0 Å². The Kier molecular flexibility index (Phi) is 2.19. The van der Waals surface area contributed by atoms with Crippen LogP contribution in [0.1, 0.15) is 38.5 Å². The van der Waals surface area contributed by atoms with Crippen molar-refractivity contribution >= 4 is 11.9 Å². The molecule has 1 N–H and O–H groups in total. The van der Waals surface area contributed by atoms with Crippen molar-refractivity contribution in [1.29, 1.82) is 0 Å². The number of rotatable bonds is 1. The molecule has 1 aliphatic carbocycles. The van der Waals surface area contributed by atoms with Crippen molar-refractivity contribution in [2.75, 3.05) is 0 Å². The number of carbonyl (C=O) groups excluding carboxylic acids is 1. The van der Waals surface area contributed by atoms with Gasteiger partial charge in [0.15, 0.2) is 0 Å². The van der Waals surface area contributed by atoms with Gasteiger partial charge in [0.05, 0.1) is 0 Å². The molecule has 0 aromatic carbocycles. The van der Waals surface area contributed by atoms with Gasteiger partial charge in [-0.05, 0) is 43.9 Å². The topological polar surface area (TPSA) is 57.6 Å². The lowest BCUT2D eigenvalue weighted by Crippen LogP contribution is -2.45. The normalized spacial score (nSPS) is 42.0. The second-order valence-corrected chi connectivity index (χ2v) is 5.42. The molecular formula is C12H17NO3. The van der Waals surface area contributed by atoms with E-state index in [1.807, 2.05) is 0 Å². The number of hydrogen-bond donors (Lipinski definition) is 1. The number of carboxylic acids is 1. The molecule has 3 rings (SSSR count). The van der Waals surface area contributed by atoms with E-state index in [1.165, 1.54) is 6.42 Å². The van der Waals surface area contributed by atoms with Gasteiger partial charge in [0.25, 0.3) is 0 Å². The lowest BCUT2D eigenvalue weighted by molar-refractivity contribution is -0.150. The summed E-state index contributed by atoms with van der Waals surface area (Å²) in [4.78, 5) is 24.8. The molecule has 2 aliphatic heterocycles. The number of amides is 1. The predicted molar refractivity (Wildman–Crippen MR) is 56.7 cm³/mol. The summed E-state index contributed by atoms with van der Waals surface area (Å²) in [6, 6.07) is -0.336. The fraction of sp³-hybridized carbons (Fsp3) is 0.833. The SMILES string of the molecule is O=C(O)C1CCC2CC3CC3CCC(=O)N21. The van der Waals surface area contributed by atoms with Crippen molar-refractivity contribution in [3.05, 3.63) is 0 Å². The Bertz CT molecular complexity index is 341. The minimum absolute atomic E-state index is 0.0697. The van der Waals surface area contributed by atoms with Gasteiger partial charge in [-0.3, -0.25) is 4.79 Å². The zero-order valence-electron chi connectivity index (χ0n) is 9.26. The van der Waals surface area contributed by atoms with E-state index in [0.717, 1.165) is 31.1 Å². The van der Waals surface area contributed by atoms with Crippen LogP contribution in [-0.4, -0.2) is 34.0 Å². The summed E-state index contributed by atoms with van der Waals surface area (Å²) in [6.07, 6.45) is 5.35. The van der Waals surface area contributed by atoms with Crippen LogP contribution in [0.3, 0.4) is 0 Å². The molecule has 0 aromatic heterocycles. The zero-order valence-corrected chi connectivity index (χ0v) is 9.26. The van der Waals surface area contributed by atoms with E-state index in [-0.39, 0.29) is 11.9 Å². The van der Waals surface area contributed by atoms with Gasteiger partial charge in [0.2, 0.25) is 5.91 Å². The molecule has 0 radical (unpaired) electrons. The average molecular weight is 223 g/mol. The minimum Gasteiger partial charge on any atom is -0.480 e. The van der Waals surface area contributed by atoms with E-state index >= 15 is 0 Å². The van der Waals surface area contributed by atoms with Gasteiger partial charge < -0.3 is 10.0 Å². The first-order chi connectivity index (χ1) is 7.66. The maximum Gasteiger partial charge on any atom is 0.326 e. The molecule has 4 nitrogen and oxygen atoms in total. The second kappa shape index (κ2) is 3.47. The van der Waals surface area contributed by atoms with Crippen LogP contribution in [0.5, 0.6) is 0 Å². The van der Waals surface area contributed by atoms with Crippen LogP contribution in [0.4, 0.5) is 0 Å². The summed E-state index contributed by atoms with van der Waals surface area (Å²) >= 11 is 0. The maximum atomic E-state index is 12.0. The van der Waals surface area contributed by atoms with Gasteiger partial charge in [0, 0.05) is 12.5 Å². The van der Waals surface area contributed by atoms with E-state index in [9.17, 15) is 9.59 Å². The van der Waals surface area contributed by atoms with Crippen LogP contribution < -0.4 is 0 Å². The highest BCUT2D eigenvalue weighted by atomic mass is 16.4. The molecular weight excluding hydrogens is 206 g/mol.